The van der Waals surface area contributed by atoms with Crippen LogP contribution in [0.25, 0.3) is 0 Å². The van der Waals surface area contributed by atoms with E-state index in [-0.39, 0.29) is 5.91 Å². The Bertz CT molecular complexity index is 462. The summed E-state index contributed by atoms with van der Waals surface area (Å²) in [5, 5.41) is 3.04. The lowest BCUT2D eigenvalue weighted by Crippen LogP contribution is -2.34. The summed E-state index contributed by atoms with van der Waals surface area (Å²) in [4.78, 5) is 14.2. The van der Waals surface area contributed by atoms with Gasteiger partial charge in [0.15, 0.2) is 0 Å². The fourth-order valence-corrected chi connectivity index (χ4v) is 4.09. The SMILES string of the molecule is CCN(CC)CCNC(=O)CCCCC(C)CCSCc1ccccc1. The van der Waals surface area contributed by atoms with E-state index in [1.54, 1.807) is 0 Å². The average Bonchev–Trinajstić information content (AvgIpc) is 2.67. The maximum Gasteiger partial charge on any atom is 0.220 e. The molecule has 1 atom stereocenters. The number of hydrogen-bond donors (Lipinski definition) is 1. The Morgan fingerprint density at radius 3 is 2.54 bits per heavy atom. The lowest BCUT2D eigenvalue weighted by molar-refractivity contribution is -0.121. The summed E-state index contributed by atoms with van der Waals surface area (Å²) in [6, 6.07) is 10.7. The normalized spacial score (nSPS) is 12.3. The number of carbonyl (C=O) groups is 1. The maximum absolute atomic E-state index is 11.9. The van der Waals surface area contributed by atoms with Crippen LogP contribution in [0.5, 0.6) is 0 Å². The highest BCUT2D eigenvalue weighted by Gasteiger charge is 2.05. The topological polar surface area (TPSA) is 32.3 Å². The Balaban J connectivity index is 1.95. The molecule has 1 amide bonds. The van der Waals surface area contributed by atoms with E-state index >= 15 is 0 Å². The van der Waals surface area contributed by atoms with E-state index in [4.69, 9.17) is 0 Å². The van der Waals surface area contributed by atoms with Gasteiger partial charge in [0.05, 0.1) is 0 Å². The number of unbranched alkanes of at least 4 members (excludes halogenated alkanes) is 1. The molecule has 0 fully saturated rings. The van der Waals surface area contributed by atoms with Crippen molar-refractivity contribution in [3.05, 3.63) is 35.9 Å². The van der Waals surface area contributed by atoms with Gasteiger partial charge in [-0.1, -0.05) is 63.9 Å². The van der Waals surface area contributed by atoms with Crippen molar-refractivity contribution in [2.24, 2.45) is 5.92 Å². The van der Waals surface area contributed by atoms with Gasteiger partial charge in [-0.05, 0) is 43.2 Å². The number of carbonyl (C=O) groups excluding carboxylic acids is 1. The summed E-state index contributed by atoms with van der Waals surface area (Å²) in [5.41, 5.74) is 1.41. The molecule has 1 aromatic carbocycles. The van der Waals surface area contributed by atoms with Crippen molar-refractivity contribution in [2.45, 2.75) is 58.6 Å². The molecule has 0 aliphatic carbocycles. The molecule has 26 heavy (non-hydrogen) atoms. The molecule has 0 spiro atoms. The second kappa shape index (κ2) is 15.1. The molecule has 0 heterocycles. The minimum Gasteiger partial charge on any atom is -0.355 e. The third-order valence-corrected chi connectivity index (χ3v) is 5.92. The summed E-state index contributed by atoms with van der Waals surface area (Å²) in [5.74, 6) is 3.30. The van der Waals surface area contributed by atoms with Crippen LogP contribution in [-0.4, -0.2) is 42.7 Å². The summed E-state index contributed by atoms with van der Waals surface area (Å²) in [6.07, 6.45) is 5.35. The molecule has 4 heteroatoms. The zero-order chi connectivity index (χ0) is 19.0. The van der Waals surface area contributed by atoms with E-state index < -0.39 is 0 Å². The van der Waals surface area contributed by atoms with Crippen LogP contribution in [0, 0.1) is 5.92 Å². The Labute approximate surface area is 165 Å². The number of nitrogens with zero attached hydrogens (tertiary/aromatic N) is 1. The van der Waals surface area contributed by atoms with Crippen LogP contribution in [0.15, 0.2) is 30.3 Å². The van der Waals surface area contributed by atoms with Gasteiger partial charge in [0.2, 0.25) is 5.91 Å². The van der Waals surface area contributed by atoms with Crippen molar-refractivity contribution < 1.29 is 4.79 Å². The zero-order valence-corrected chi connectivity index (χ0v) is 17.8. The monoisotopic (exact) mass is 378 g/mol. The molecule has 1 aromatic rings. The molecular formula is C22H38N2OS. The summed E-state index contributed by atoms with van der Waals surface area (Å²) < 4.78 is 0. The molecule has 0 radical (unpaired) electrons. The second-order valence-electron chi connectivity index (χ2n) is 7.05. The van der Waals surface area contributed by atoms with Crippen molar-refractivity contribution in [3.8, 4) is 0 Å². The van der Waals surface area contributed by atoms with Gasteiger partial charge < -0.3 is 10.2 Å². The first-order valence-corrected chi connectivity index (χ1v) is 11.4. The van der Waals surface area contributed by atoms with Gasteiger partial charge in [0.1, 0.15) is 0 Å². The third kappa shape index (κ3) is 11.6. The first kappa shape index (κ1) is 23.0. The van der Waals surface area contributed by atoms with Crippen LogP contribution in [0.2, 0.25) is 0 Å². The van der Waals surface area contributed by atoms with E-state index in [1.807, 2.05) is 11.8 Å². The highest BCUT2D eigenvalue weighted by atomic mass is 32.2. The second-order valence-corrected chi connectivity index (χ2v) is 8.16. The van der Waals surface area contributed by atoms with Crippen molar-refractivity contribution in [1.29, 1.82) is 0 Å². The van der Waals surface area contributed by atoms with Crippen LogP contribution >= 0.6 is 11.8 Å². The Morgan fingerprint density at radius 1 is 1.12 bits per heavy atom. The van der Waals surface area contributed by atoms with Gasteiger partial charge in [-0.2, -0.15) is 11.8 Å². The molecule has 1 unspecified atom stereocenters. The lowest BCUT2D eigenvalue weighted by atomic mass is 10.0. The largest absolute Gasteiger partial charge is 0.355 e. The standard InChI is InChI=1S/C22H38N2OS/c1-4-24(5-2)17-16-23-22(25)14-10-9-11-20(3)15-18-26-19-21-12-7-6-8-13-21/h6-8,12-13,20H,4-5,9-11,14-19H2,1-3H3,(H,23,25). The van der Waals surface area contributed by atoms with Crippen LogP contribution in [0.1, 0.15) is 58.4 Å². The van der Waals surface area contributed by atoms with Gasteiger partial charge in [-0.3, -0.25) is 4.79 Å². The lowest BCUT2D eigenvalue weighted by Gasteiger charge is -2.18. The van der Waals surface area contributed by atoms with E-state index in [2.05, 4.69) is 61.3 Å². The third-order valence-electron chi connectivity index (χ3n) is 4.86. The Morgan fingerprint density at radius 2 is 1.85 bits per heavy atom. The number of hydrogen-bond acceptors (Lipinski definition) is 3. The summed E-state index contributed by atoms with van der Waals surface area (Å²) in [6.45, 7) is 10.5. The van der Waals surface area contributed by atoms with Crippen LogP contribution in [-0.2, 0) is 10.5 Å². The molecule has 0 aliphatic rings. The van der Waals surface area contributed by atoms with E-state index in [9.17, 15) is 4.79 Å². The molecule has 0 aromatic heterocycles. The Hall–Kier alpha value is -1.00. The van der Waals surface area contributed by atoms with E-state index in [0.29, 0.717) is 6.42 Å². The van der Waals surface area contributed by atoms with Gasteiger partial charge in [-0.25, -0.2) is 0 Å². The minimum atomic E-state index is 0.211. The average molecular weight is 379 g/mol. The highest BCUT2D eigenvalue weighted by Crippen LogP contribution is 2.18. The molecule has 1 rings (SSSR count). The number of benzene rings is 1. The van der Waals surface area contributed by atoms with Crippen LogP contribution in [0.4, 0.5) is 0 Å². The molecule has 0 bridgehead atoms. The molecule has 0 saturated carbocycles. The zero-order valence-electron chi connectivity index (χ0n) is 17.0. The van der Waals surface area contributed by atoms with E-state index in [1.165, 1.54) is 24.2 Å². The summed E-state index contributed by atoms with van der Waals surface area (Å²) in [7, 11) is 0. The van der Waals surface area contributed by atoms with Gasteiger partial charge in [0, 0.05) is 25.3 Å². The number of likely N-dealkylation sites (N-methyl/N-ethyl adjacent to an activating group) is 1. The van der Waals surface area contributed by atoms with Crippen LogP contribution in [0.3, 0.4) is 0 Å². The first-order valence-electron chi connectivity index (χ1n) is 10.3. The van der Waals surface area contributed by atoms with Crippen LogP contribution < -0.4 is 5.32 Å². The molecule has 148 valence electrons. The van der Waals surface area contributed by atoms with Gasteiger partial charge in [-0.15, -0.1) is 0 Å². The minimum absolute atomic E-state index is 0.211. The van der Waals surface area contributed by atoms with Gasteiger partial charge >= 0.3 is 0 Å². The summed E-state index contributed by atoms with van der Waals surface area (Å²) >= 11 is 2.03. The van der Waals surface area contributed by atoms with Crippen molar-refractivity contribution in [2.75, 3.05) is 31.9 Å². The maximum atomic E-state index is 11.9. The van der Waals surface area contributed by atoms with Crippen molar-refractivity contribution >= 4 is 17.7 Å². The highest BCUT2D eigenvalue weighted by molar-refractivity contribution is 7.98. The van der Waals surface area contributed by atoms with Gasteiger partial charge in [0.25, 0.3) is 0 Å². The smallest absolute Gasteiger partial charge is 0.220 e. The predicted octanol–water partition coefficient (Wildman–Crippen LogP) is 4.96. The number of amides is 1. The van der Waals surface area contributed by atoms with Crippen molar-refractivity contribution in [1.82, 2.24) is 10.2 Å². The quantitative estimate of drug-likeness (QED) is 0.438. The first-order chi connectivity index (χ1) is 12.7. The molecule has 0 aliphatic heterocycles. The fourth-order valence-electron chi connectivity index (χ4n) is 2.95. The Kier molecular flexibility index (Phi) is 13.4. The molecule has 3 nitrogen and oxygen atoms in total. The number of rotatable bonds is 15. The fraction of sp³-hybridized carbons (Fsp3) is 0.682. The number of nitrogens with one attached hydrogen (secondary N) is 1. The predicted molar refractivity (Wildman–Crippen MR) is 116 cm³/mol. The number of thioether (sulfide) groups is 1. The van der Waals surface area contributed by atoms with E-state index in [0.717, 1.165) is 50.7 Å². The van der Waals surface area contributed by atoms with Crippen molar-refractivity contribution in [3.63, 3.8) is 0 Å². The molecule has 1 N–H and O–H groups in total. The molecular weight excluding hydrogens is 340 g/mol. The molecule has 0 saturated heterocycles.